The highest BCUT2D eigenvalue weighted by molar-refractivity contribution is 7.91. The summed E-state index contributed by atoms with van der Waals surface area (Å²) in [6.45, 7) is 8.74. The van der Waals surface area contributed by atoms with Gasteiger partial charge in [0.25, 0.3) is 0 Å². The molecule has 1 atom stereocenters. The lowest BCUT2D eigenvalue weighted by atomic mass is 10.1. The summed E-state index contributed by atoms with van der Waals surface area (Å²) < 4.78 is 13.8. The van der Waals surface area contributed by atoms with Crippen LogP contribution >= 0.6 is 35.5 Å². The Morgan fingerprint density at radius 1 is 1.30 bits per heavy atom. The number of rotatable bonds is 3. The Labute approximate surface area is 154 Å². The summed E-state index contributed by atoms with van der Waals surface area (Å²) in [4.78, 5) is 2.16. The smallest absolute Gasteiger partial charge is 0.134 e. The summed E-state index contributed by atoms with van der Waals surface area (Å²) in [5.41, 5.74) is 6.93. The zero-order chi connectivity index (χ0) is 18.0. The summed E-state index contributed by atoms with van der Waals surface area (Å²) in [5.74, 6) is 0.660. The van der Waals surface area contributed by atoms with Crippen LogP contribution in [0.15, 0.2) is 12.1 Å². The number of nitrogens with zero attached hydrogens (tertiary/aromatic N) is 2. The third kappa shape index (κ3) is 9.01. The first-order valence-electron chi connectivity index (χ1n) is 7.73. The second-order valence-corrected chi connectivity index (χ2v) is 6.95. The molecule has 1 aromatic carbocycles. The predicted molar refractivity (Wildman–Crippen MR) is 104 cm³/mol. The number of halogens is 3. The monoisotopic (exact) mass is 383 g/mol. The van der Waals surface area contributed by atoms with Crippen LogP contribution in [-0.2, 0) is 0 Å². The molecule has 7 heteroatoms. The molecule has 1 unspecified atom stereocenters. The van der Waals surface area contributed by atoms with E-state index in [1.165, 1.54) is 0 Å². The first kappa shape index (κ1) is 22.8. The van der Waals surface area contributed by atoms with Crippen molar-refractivity contribution >= 4 is 41.2 Å². The first-order chi connectivity index (χ1) is 10.8. The molecular weight excluding hydrogens is 356 g/mol. The van der Waals surface area contributed by atoms with Gasteiger partial charge in [-0.2, -0.15) is 0 Å². The highest BCUT2D eigenvalue weighted by atomic mass is 35.5. The van der Waals surface area contributed by atoms with Gasteiger partial charge in [-0.15, -0.1) is 3.89 Å². The van der Waals surface area contributed by atoms with E-state index in [4.69, 9.17) is 28.9 Å². The second-order valence-electron chi connectivity index (χ2n) is 5.48. The lowest BCUT2D eigenvalue weighted by Gasteiger charge is -2.15. The third-order valence-corrected chi connectivity index (χ3v) is 4.58. The van der Waals surface area contributed by atoms with Crippen LogP contribution in [0.3, 0.4) is 0 Å². The SMILES string of the molecule is CC.CN(C)CC1CCN(SF)C1.Cc1c(Cl)cc(N)cc1Cl. The molecule has 1 fully saturated rings. The molecule has 1 aliphatic rings. The minimum absolute atomic E-state index is 0.378. The second kappa shape index (κ2) is 12.2. The molecule has 2 N–H and O–H groups in total. The molecule has 23 heavy (non-hydrogen) atoms. The zero-order valence-corrected chi connectivity index (χ0v) is 16.9. The van der Waals surface area contributed by atoms with Crippen molar-refractivity contribution in [2.45, 2.75) is 27.2 Å². The molecule has 134 valence electrons. The minimum atomic E-state index is 0.378. The summed E-state index contributed by atoms with van der Waals surface area (Å²) in [7, 11) is 4.12. The van der Waals surface area contributed by atoms with Crippen molar-refractivity contribution < 1.29 is 3.89 Å². The van der Waals surface area contributed by atoms with E-state index in [0.717, 1.165) is 31.6 Å². The summed E-state index contributed by atoms with van der Waals surface area (Å²) in [6.07, 6.45) is 1.13. The van der Waals surface area contributed by atoms with Crippen LogP contribution in [0.2, 0.25) is 10.0 Å². The molecule has 0 aromatic heterocycles. The van der Waals surface area contributed by atoms with Crippen LogP contribution < -0.4 is 5.73 Å². The predicted octanol–water partition coefficient (Wildman–Crippen LogP) is 5.31. The van der Waals surface area contributed by atoms with Gasteiger partial charge in [-0.1, -0.05) is 37.0 Å². The fraction of sp³-hybridized carbons (Fsp3) is 0.625. The van der Waals surface area contributed by atoms with Crippen LogP contribution in [-0.4, -0.2) is 42.9 Å². The van der Waals surface area contributed by atoms with Crippen molar-refractivity contribution in [1.82, 2.24) is 9.21 Å². The summed E-state index contributed by atoms with van der Waals surface area (Å²) in [5, 5.41) is 1.23. The molecule has 1 aromatic rings. The lowest BCUT2D eigenvalue weighted by molar-refractivity contribution is 0.332. The molecule has 2 rings (SSSR count). The van der Waals surface area contributed by atoms with E-state index in [-0.39, 0.29) is 0 Å². The maximum atomic E-state index is 12.0. The Hall–Kier alpha value is -0.200. The first-order valence-corrected chi connectivity index (χ1v) is 9.16. The third-order valence-electron chi connectivity index (χ3n) is 3.27. The van der Waals surface area contributed by atoms with E-state index in [1.807, 2.05) is 20.8 Å². The van der Waals surface area contributed by atoms with Crippen molar-refractivity contribution in [3.05, 3.63) is 27.7 Å². The average Bonchev–Trinajstić information content (AvgIpc) is 2.94. The number of hydrogen-bond donors (Lipinski definition) is 1. The van der Waals surface area contributed by atoms with E-state index in [1.54, 1.807) is 16.4 Å². The number of anilines is 1. The molecule has 0 saturated carbocycles. The Morgan fingerprint density at radius 2 is 1.83 bits per heavy atom. The lowest BCUT2D eigenvalue weighted by Crippen LogP contribution is -2.23. The molecule has 1 saturated heterocycles. The van der Waals surface area contributed by atoms with Gasteiger partial charge in [-0.3, -0.25) is 0 Å². The fourth-order valence-electron chi connectivity index (χ4n) is 2.19. The van der Waals surface area contributed by atoms with Gasteiger partial charge in [0.15, 0.2) is 0 Å². The van der Waals surface area contributed by atoms with Crippen molar-refractivity contribution in [2.24, 2.45) is 5.92 Å². The highest BCUT2D eigenvalue weighted by Crippen LogP contribution is 2.26. The Kier molecular flexibility index (Phi) is 12.1. The Bertz CT molecular complexity index is 438. The number of benzene rings is 1. The average molecular weight is 384 g/mol. The van der Waals surface area contributed by atoms with Gasteiger partial charge in [0, 0.05) is 35.4 Å². The van der Waals surface area contributed by atoms with Crippen molar-refractivity contribution in [3.63, 3.8) is 0 Å². The van der Waals surface area contributed by atoms with Gasteiger partial charge >= 0.3 is 0 Å². The molecule has 0 amide bonds. The highest BCUT2D eigenvalue weighted by Gasteiger charge is 2.23. The topological polar surface area (TPSA) is 32.5 Å². The molecule has 0 radical (unpaired) electrons. The summed E-state index contributed by atoms with van der Waals surface area (Å²) in [6, 6.07) is 3.37. The van der Waals surface area contributed by atoms with Gasteiger partial charge in [0.2, 0.25) is 0 Å². The summed E-state index contributed by atoms with van der Waals surface area (Å²) >= 11 is 11.9. The van der Waals surface area contributed by atoms with E-state index >= 15 is 0 Å². The van der Waals surface area contributed by atoms with Crippen LogP contribution in [0, 0.1) is 12.8 Å². The van der Waals surface area contributed by atoms with E-state index < -0.39 is 0 Å². The van der Waals surface area contributed by atoms with Crippen LogP contribution in [0.4, 0.5) is 9.57 Å². The van der Waals surface area contributed by atoms with Crippen molar-refractivity contribution in [3.8, 4) is 0 Å². The van der Waals surface area contributed by atoms with Crippen LogP contribution in [0.1, 0.15) is 25.8 Å². The van der Waals surface area contributed by atoms with Crippen molar-refractivity contribution in [2.75, 3.05) is 39.5 Å². The quantitative estimate of drug-likeness (QED) is 0.565. The molecule has 0 bridgehead atoms. The van der Waals surface area contributed by atoms with E-state index in [9.17, 15) is 3.89 Å². The molecule has 3 nitrogen and oxygen atoms in total. The Morgan fingerprint density at radius 3 is 2.22 bits per heavy atom. The molecule has 0 aliphatic carbocycles. The van der Waals surface area contributed by atoms with E-state index in [2.05, 4.69) is 19.0 Å². The van der Waals surface area contributed by atoms with Crippen molar-refractivity contribution in [1.29, 1.82) is 0 Å². The van der Waals surface area contributed by atoms with Crippen LogP contribution in [0.5, 0.6) is 0 Å². The number of nitrogens with two attached hydrogens (primary N) is 1. The molecule has 1 heterocycles. The van der Waals surface area contributed by atoms with E-state index in [0.29, 0.717) is 34.0 Å². The molecule has 0 spiro atoms. The largest absolute Gasteiger partial charge is 0.399 e. The maximum Gasteiger partial charge on any atom is 0.134 e. The molecule has 1 aliphatic heterocycles. The molecular formula is C16H28Cl2FN3S. The van der Waals surface area contributed by atoms with Gasteiger partial charge < -0.3 is 10.6 Å². The standard InChI is InChI=1S/C7H7Cl2N.C7H15FN2S.C2H6/c1-4-6(8)2-5(10)3-7(4)9;1-9(2)5-7-3-4-10(6-7)11-8;1-2/h2-3H,10H2,1H3;7H,3-6H2,1-2H3;1-2H3. The van der Waals surface area contributed by atoms with Gasteiger partial charge in [-0.25, -0.2) is 4.31 Å². The minimum Gasteiger partial charge on any atom is -0.399 e. The van der Waals surface area contributed by atoms with Crippen LogP contribution in [0.25, 0.3) is 0 Å². The van der Waals surface area contributed by atoms with Gasteiger partial charge in [0.05, 0.1) is 0 Å². The fourth-order valence-corrected chi connectivity index (χ4v) is 3.14. The number of nitrogen functional groups attached to an aromatic ring is 1. The zero-order valence-electron chi connectivity index (χ0n) is 14.6. The maximum absolute atomic E-state index is 12.0. The Balaban J connectivity index is 0.000000381. The van der Waals surface area contributed by atoms with Gasteiger partial charge in [-0.05, 0) is 51.1 Å². The number of hydrogen-bond acceptors (Lipinski definition) is 4. The van der Waals surface area contributed by atoms with Gasteiger partial charge in [0.1, 0.15) is 12.3 Å². The normalized spacial score (nSPS) is 17.3.